The highest BCUT2D eigenvalue weighted by molar-refractivity contribution is 9.10. The molecule has 3 atom stereocenters. The summed E-state index contributed by atoms with van der Waals surface area (Å²) in [5.74, 6) is -8.96. The summed E-state index contributed by atoms with van der Waals surface area (Å²) in [6, 6.07) is 3.42. The van der Waals surface area contributed by atoms with Crippen LogP contribution in [0.2, 0.25) is 0 Å². The second-order valence-electron chi connectivity index (χ2n) is 9.79. The van der Waals surface area contributed by atoms with E-state index in [1.54, 1.807) is 6.07 Å². The van der Waals surface area contributed by atoms with Crippen LogP contribution in [-0.2, 0) is 29.9 Å². The second kappa shape index (κ2) is 10.3. The summed E-state index contributed by atoms with van der Waals surface area (Å²) < 4.78 is 102. The zero-order chi connectivity index (χ0) is 30.1. The highest BCUT2D eigenvalue weighted by Crippen LogP contribution is 2.60. The van der Waals surface area contributed by atoms with Gasteiger partial charge >= 0.3 is 6.18 Å². The van der Waals surface area contributed by atoms with Gasteiger partial charge in [-0.25, -0.2) is 18.7 Å². The number of pyridine rings is 1. The normalized spacial score (nSPS) is 19.5. The first kappa shape index (κ1) is 29.1. The minimum atomic E-state index is -5.02. The molecule has 6 rings (SSSR count). The van der Waals surface area contributed by atoms with Crippen molar-refractivity contribution in [1.29, 1.82) is 0 Å². The number of nitrogens with one attached hydrogen (secondary N) is 1. The molecule has 220 valence electrons. The minimum Gasteiger partial charge on any atom is -0.346 e. The predicted molar refractivity (Wildman–Crippen MR) is 144 cm³/mol. The van der Waals surface area contributed by atoms with Crippen LogP contribution in [-0.4, -0.2) is 31.9 Å². The number of carbonyl (C=O) groups is 1. The van der Waals surface area contributed by atoms with Crippen molar-refractivity contribution in [2.45, 2.75) is 41.4 Å². The Bertz CT molecular complexity index is 1750. The third-order valence-corrected chi connectivity index (χ3v) is 9.69. The van der Waals surface area contributed by atoms with Gasteiger partial charge in [-0.2, -0.15) is 27.1 Å². The smallest absolute Gasteiger partial charge is 0.346 e. The average molecular weight is 692 g/mol. The summed E-state index contributed by atoms with van der Waals surface area (Å²) in [5.41, 5.74) is -2.36. The van der Waals surface area contributed by atoms with Crippen LogP contribution in [0.1, 0.15) is 40.2 Å². The van der Waals surface area contributed by atoms with E-state index >= 15 is 8.78 Å². The number of alkyl halides is 5. The fraction of sp³-hybridized carbons (Fsp3) is 0.308. The van der Waals surface area contributed by atoms with Crippen LogP contribution in [0.15, 0.2) is 45.2 Å². The molecule has 0 fully saturated rings. The largest absolute Gasteiger partial charge is 0.435 e. The molecule has 0 saturated heterocycles. The molecule has 1 aromatic carbocycles. The first-order valence-electron chi connectivity index (χ1n) is 12.3. The van der Waals surface area contributed by atoms with E-state index in [4.69, 9.17) is 0 Å². The Morgan fingerprint density at radius 2 is 1.88 bits per heavy atom. The molecule has 16 heteroatoms. The third kappa shape index (κ3) is 5.00. The van der Waals surface area contributed by atoms with Gasteiger partial charge in [0, 0.05) is 22.0 Å². The summed E-state index contributed by atoms with van der Waals surface area (Å²) in [6.45, 7) is -0.964. The number of nitrogens with zero attached hydrogens (tertiary/aromatic N) is 4. The van der Waals surface area contributed by atoms with E-state index < -0.39 is 71.0 Å². The minimum absolute atomic E-state index is 0.142. The number of thioether (sulfide) groups is 1. The fourth-order valence-corrected chi connectivity index (χ4v) is 7.51. The molecule has 1 amide bonds. The first-order chi connectivity index (χ1) is 19.8. The van der Waals surface area contributed by atoms with Crippen LogP contribution in [0.3, 0.4) is 0 Å². The van der Waals surface area contributed by atoms with Crippen LogP contribution < -0.4 is 5.32 Å². The molecule has 3 aromatic heterocycles. The van der Waals surface area contributed by atoms with Crippen molar-refractivity contribution in [3.8, 4) is 0 Å². The van der Waals surface area contributed by atoms with Gasteiger partial charge in [-0.15, -0.1) is 11.3 Å². The van der Waals surface area contributed by atoms with Crippen molar-refractivity contribution in [3.05, 3.63) is 80.7 Å². The number of benzene rings is 1. The Kier molecular flexibility index (Phi) is 7.16. The van der Waals surface area contributed by atoms with Gasteiger partial charge in [-0.1, -0.05) is 23.9 Å². The van der Waals surface area contributed by atoms with E-state index in [0.29, 0.717) is 29.9 Å². The fourth-order valence-electron chi connectivity index (χ4n) is 5.30. The summed E-state index contributed by atoms with van der Waals surface area (Å²) in [6.07, 6.45) is -0.968. The lowest BCUT2D eigenvalue weighted by atomic mass is 9.81. The lowest BCUT2D eigenvalue weighted by Crippen LogP contribution is -2.35. The van der Waals surface area contributed by atoms with Gasteiger partial charge in [0.25, 0.3) is 5.92 Å². The average Bonchev–Trinajstić information content (AvgIpc) is 3.46. The number of allylic oxidation sites excluding steroid dienone is 2. The first-order valence-corrected chi connectivity index (χ1v) is 15.1. The molecule has 2 aliphatic rings. The van der Waals surface area contributed by atoms with Crippen LogP contribution >= 0.6 is 39.0 Å². The van der Waals surface area contributed by atoms with Gasteiger partial charge in [0.05, 0.1) is 22.4 Å². The van der Waals surface area contributed by atoms with Crippen LogP contribution in [0.5, 0.6) is 0 Å². The van der Waals surface area contributed by atoms with E-state index in [2.05, 4.69) is 36.3 Å². The predicted octanol–water partition coefficient (Wildman–Crippen LogP) is 7.14. The highest BCUT2D eigenvalue weighted by Gasteiger charge is 2.61. The molecule has 0 radical (unpaired) electrons. The van der Waals surface area contributed by atoms with E-state index in [0.717, 1.165) is 18.2 Å². The van der Waals surface area contributed by atoms with Crippen LogP contribution in [0.25, 0.3) is 10.3 Å². The number of amides is 1. The second-order valence-corrected chi connectivity index (χ2v) is 12.7. The number of rotatable bonds is 7. The number of thiazole rings is 1. The number of fused-ring (bicyclic) bond motifs is 4. The third-order valence-electron chi connectivity index (χ3n) is 7.08. The van der Waals surface area contributed by atoms with Gasteiger partial charge in [-0.3, -0.25) is 9.48 Å². The molecule has 42 heavy (non-hydrogen) atoms. The van der Waals surface area contributed by atoms with E-state index in [1.807, 2.05) is 6.26 Å². The molecule has 6 nitrogen and oxygen atoms in total. The number of halogens is 8. The number of carbonyl (C=O) groups excluding carboxylic acids is 1. The van der Waals surface area contributed by atoms with Crippen molar-refractivity contribution in [2.24, 2.45) is 5.92 Å². The van der Waals surface area contributed by atoms with Crippen molar-refractivity contribution in [2.75, 3.05) is 6.26 Å². The zero-order valence-electron chi connectivity index (χ0n) is 21.1. The Morgan fingerprint density at radius 1 is 1.17 bits per heavy atom. The quantitative estimate of drug-likeness (QED) is 0.127. The molecule has 0 spiro atoms. The molecule has 0 aliphatic heterocycles. The Morgan fingerprint density at radius 3 is 2.50 bits per heavy atom. The summed E-state index contributed by atoms with van der Waals surface area (Å²) in [4.78, 5) is 22.2. The van der Waals surface area contributed by atoms with Gasteiger partial charge in [0.2, 0.25) is 5.91 Å². The molecule has 0 bridgehead atoms. The van der Waals surface area contributed by atoms with E-state index in [9.17, 15) is 26.7 Å². The van der Waals surface area contributed by atoms with Crippen molar-refractivity contribution >= 4 is 55.3 Å². The molecular weight excluding hydrogens is 675 g/mol. The SMILES string of the molecule is CSc1nc2nc([C@H](Cc3cc(F)cc(F)c3)NC(=O)Cn3nc(C(F)(F)F)c4c3C(F)(F)[C@@H]3C=C[C@H]43)c(Br)cc2s1. The van der Waals surface area contributed by atoms with Crippen LogP contribution in [0.4, 0.5) is 30.7 Å². The Labute approximate surface area is 249 Å². The highest BCUT2D eigenvalue weighted by atomic mass is 79.9. The Hall–Kier alpha value is -2.98. The zero-order valence-corrected chi connectivity index (χ0v) is 24.4. The maximum Gasteiger partial charge on any atom is 0.435 e. The van der Waals surface area contributed by atoms with Gasteiger partial charge in [0.1, 0.15) is 23.9 Å². The number of hydrogen-bond acceptors (Lipinski definition) is 6. The van der Waals surface area contributed by atoms with Crippen molar-refractivity contribution < 1.29 is 35.5 Å². The number of hydrogen-bond donors (Lipinski definition) is 1. The monoisotopic (exact) mass is 691 g/mol. The maximum atomic E-state index is 15.2. The van der Waals surface area contributed by atoms with E-state index in [-0.39, 0.29) is 17.7 Å². The van der Waals surface area contributed by atoms with Crippen molar-refractivity contribution in [3.63, 3.8) is 0 Å². The summed E-state index contributed by atoms with van der Waals surface area (Å²) in [5, 5.41) is 5.99. The number of aromatic nitrogens is 4. The molecule has 1 N–H and O–H groups in total. The molecule has 3 heterocycles. The molecular formula is C26H17BrF7N5OS2. The maximum absolute atomic E-state index is 15.2. The van der Waals surface area contributed by atoms with E-state index in [1.165, 1.54) is 29.2 Å². The topological polar surface area (TPSA) is 72.7 Å². The van der Waals surface area contributed by atoms with Crippen LogP contribution in [0, 0.1) is 17.6 Å². The van der Waals surface area contributed by atoms with Crippen molar-refractivity contribution in [1.82, 2.24) is 25.1 Å². The van der Waals surface area contributed by atoms with Gasteiger partial charge < -0.3 is 5.32 Å². The molecule has 0 unspecified atom stereocenters. The van der Waals surface area contributed by atoms with Gasteiger partial charge in [0.15, 0.2) is 15.7 Å². The van der Waals surface area contributed by atoms with Gasteiger partial charge in [-0.05, 0) is 52.4 Å². The standard InChI is InChI=1S/C26H17BrF7N5OS2/c1-41-24-37-23-17(42-24)8-15(27)20(36-23)16(6-10-4-11(28)7-12(29)5-10)35-18(40)9-39-22-19(21(38-39)26(32,33)34)13-2-3-14(13)25(22,30)31/h2-5,7-8,13-14,16H,6,9H2,1H3,(H,35,40)/t13-,14+,16-/m0/s1. The summed E-state index contributed by atoms with van der Waals surface area (Å²) in [7, 11) is 0. The molecule has 0 saturated carbocycles. The molecule has 2 aliphatic carbocycles. The lowest BCUT2D eigenvalue weighted by Gasteiger charge is -2.27. The summed E-state index contributed by atoms with van der Waals surface area (Å²) >= 11 is 6.17. The Balaban J connectivity index is 1.36. The molecule has 4 aromatic rings. The lowest BCUT2D eigenvalue weighted by molar-refractivity contribution is -0.142.